The molecule has 0 bridgehead atoms. The van der Waals surface area contributed by atoms with Crippen LogP contribution in [0.2, 0.25) is 0 Å². The monoisotopic (exact) mass is 410 g/mol. The second kappa shape index (κ2) is 8.07. The highest BCUT2D eigenvalue weighted by molar-refractivity contribution is 5.91. The number of ether oxygens (including phenoxy) is 1. The van der Waals surface area contributed by atoms with E-state index in [-0.39, 0.29) is 11.7 Å². The van der Waals surface area contributed by atoms with Gasteiger partial charge in [-0.1, -0.05) is 54.6 Å². The molecule has 0 radical (unpaired) electrons. The van der Waals surface area contributed by atoms with Crippen molar-refractivity contribution < 1.29 is 9.53 Å². The van der Waals surface area contributed by atoms with E-state index in [9.17, 15) is 4.79 Å². The third-order valence-corrected chi connectivity index (χ3v) is 5.57. The molecule has 1 aliphatic heterocycles. The largest absolute Gasteiger partial charge is 0.497 e. The van der Waals surface area contributed by atoms with Gasteiger partial charge in [-0.3, -0.25) is 4.79 Å². The molecule has 31 heavy (non-hydrogen) atoms. The molecule has 0 saturated heterocycles. The van der Waals surface area contributed by atoms with Gasteiger partial charge in [0.05, 0.1) is 12.8 Å². The summed E-state index contributed by atoms with van der Waals surface area (Å²) in [6, 6.07) is 25.6. The van der Waals surface area contributed by atoms with Crippen LogP contribution in [0.15, 0.2) is 78.9 Å². The molecule has 6 heteroatoms. The lowest BCUT2D eigenvalue weighted by molar-refractivity contribution is 0.0722. The summed E-state index contributed by atoms with van der Waals surface area (Å²) in [5.41, 5.74) is 4.19. The first-order chi connectivity index (χ1) is 15.2. The molecule has 0 fully saturated rings. The van der Waals surface area contributed by atoms with Crippen LogP contribution in [0.5, 0.6) is 5.75 Å². The molecular weight excluding hydrogens is 388 g/mol. The quantitative estimate of drug-likeness (QED) is 0.507. The van der Waals surface area contributed by atoms with Gasteiger partial charge >= 0.3 is 0 Å². The van der Waals surface area contributed by atoms with E-state index in [1.54, 1.807) is 11.8 Å². The summed E-state index contributed by atoms with van der Waals surface area (Å²) < 4.78 is 6.99. The van der Waals surface area contributed by atoms with Crippen molar-refractivity contribution in [1.82, 2.24) is 19.7 Å². The Labute approximate surface area is 180 Å². The Hall–Kier alpha value is -3.93. The van der Waals surface area contributed by atoms with Gasteiger partial charge in [0.15, 0.2) is 5.82 Å². The number of hydrogen-bond acceptors (Lipinski definition) is 4. The standard InChI is InChI=1S/C25H22N4O2/c1-31-22-13-11-21(12-14-22)29-24(19-8-3-2-4-9-19)26-23(27-29)25(30)28-16-15-18-7-5-6-10-20(18)17-28/h2-14H,15-17H2,1H3. The van der Waals surface area contributed by atoms with E-state index < -0.39 is 0 Å². The average Bonchev–Trinajstić information content (AvgIpc) is 3.29. The van der Waals surface area contributed by atoms with Gasteiger partial charge in [0.2, 0.25) is 5.82 Å². The minimum absolute atomic E-state index is 0.154. The van der Waals surface area contributed by atoms with E-state index in [1.807, 2.05) is 71.6 Å². The van der Waals surface area contributed by atoms with Gasteiger partial charge in [0, 0.05) is 18.7 Å². The van der Waals surface area contributed by atoms with Crippen LogP contribution < -0.4 is 4.74 Å². The normalized spacial score (nSPS) is 13.0. The number of methoxy groups -OCH3 is 1. The predicted octanol–water partition coefficient (Wildman–Crippen LogP) is 4.14. The molecule has 1 aromatic heterocycles. The van der Waals surface area contributed by atoms with Gasteiger partial charge < -0.3 is 9.64 Å². The van der Waals surface area contributed by atoms with Crippen LogP contribution in [0.25, 0.3) is 17.1 Å². The Kier molecular flexibility index (Phi) is 4.96. The average molecular weight is 410 g/mol. The molecular formula is C25H22N4O2. The zero-order valence-electron chi connectivity index (χ0n) is 17.2. The van der Waals surface area contributed by atoms with Crippen LogP contribution in [-0.2, 0) is 13.0 Å². The third-order valence-electron chi connectivity index (χ3n) is 5.57. The number of carbonyl (C=O) groups excluding carboxylic acids is 1. The van der Waals surface area contributed by atoms with Crippen LogP contribution in [0.4, 0.5) is 0 Å². The Bertz CT molecular complexity index is 1220. The van der Waals surface area contributed by atoms with E-state index in [4.69, 9.17) is 4.74 Å². The maximum Gasteiger partial charge on any atom is 0.293 e. The van der Waals surface area contributed by atoms with Crippen LogP contribution in [0.3, 0.4) is 0 Å². The van der Waals surface area contributed by atoms with Gasteiger partial charge in [-0.05, 0) is 41.8 Å². The van der Waals surface area contributed by atoms with Crippen molar-refractivity contribution in [3.8, 4) is 22.8 Å². The number of fused-ring (bicyclic) bond motifs is 1. The van der Waals surface area contributed by atoms with Gasteiger partial charge in [0.1, 0.15) is 5.75 Å². The molecule has 4 aromatic rings. The third kappa shape index (κ3) is 3.68. The lowest BCUT2D eigenvalue weighted by Crippen LogP contribution is -2.36. The Morgan fingerprint density at radius 1 is 0.903 bits per heavy atom. The van der Waals surface area contributed by atoms with Crippen molar-refractivity contribution in [3.63, 3.8) is 0 Å². The molecule has 0 N–H and O–H groups in total. The minimum atomic E-state index is -0.154. The predicted molar refractivity (Wildman–Crippen MR) is 118 cm³/mol. The number of benzene rings is 3. The van der Waals surface area contributed by atoms with E-state index in [1.165, 1.54) is 11.1 Å². The van der Waals surface area contributed by atoms with E-state index in [0.717, 1.165) is 23.4 Å². The molecule has 1 aliphatic rings. The fraction of sp³-hybridized carbons (Fsp3) is 0.160. The van der Waals surface area contributed by atoms with Crippen LogP contribution in [0, 0.1) is 0 Å². The molecule has 2 heterocycles. The van der Waals surface area contributed by atoms with Gasteiger partial charge in [-0.25, -0.2) is 9.67 Å². The number of hydrogen-bond donors (Lipinski definition) is 0. The maximum absolute atomic E-state index is 13.3. The molecule has 0 atom stereocenters. The highest BCUT2D eigenvalue weighted by Gasteiger charge is 2.26. The summed E-state index contributed by atoms with van der Waals surface area (Å²) in [5.74, 6) is 1.44. The number of rotatable bonds is 4. The summed E-state index contributed by atoms with van der Waals surface area (Å²) in [5, 5.41) is 4.62. The Morgan fingerprint density at radius 3 is 2.35 bits per heavy atom. The second-order valence-electron chi connectivity index (χ2n) is 7.48. The van der Waals surface area contributed by atoms with Crippen LogP contribution in [0.1, 0.15) is 21.7 Å². The fourth-order valence-corrected chi connectivity index (χ4v) is 3.89. The molecule has 154 valence electrons. The second-order valence-corrected chi connectivity index (χ2v) is 7.48. The van der Waals surface area contributed by atoms with Crippen molar-refractivity contribution in [3.05, 3.63) is 95.8 Å². The summed E-state index contributed by atoms with van der Waals surface area (Å²) >= 11 is 0. The highest BCUT2D eigenvalue weighted by Crippen LogP contribution is 2.24. The van der Waals surface area contributed by atoms with Crippen molar-refractivity contribution in [2.75, 3.05) is 13.7 Å². The molecule has 6 nitrogen and oxygen atoms in total. The van der Waals surface area contributed by atoms with Crippen molar-refractivity contribution in [2.45, 2.75) is 13.0 Å². The summed E-state index contributed by atoms with van der Waals surface area (Å²) in [6.45, 7) is 1.24. The first-order valence-corrected chi connectivity index (χ1v) is 10.3. The van der Waals surface area contributed by atoms with Crippen molar-refractivity contribution in [1.29, 1.82) is 0 Å². The van der Waals surface area contributed by atoms with Gasteiger partial charge in [0.25, 0.3) is 5.91 Å². The lowest BCUT2D eigenvalue weighted by Gasteiger charge is -2.27. The van der Waals surface area contributed by atoms with E-state index in [2.05, 4.69) is 22.2 Å². The molecule has 3 aromatic carbocycles. The summed E-state index contributed by atoms with van der Waals surface area (Å²) in [6.07, 6.45) is 0.840. The van der Waals surface area contributed by atoms with Gasteiger partial charge in [-0.15, -0.1) is 5.10 Å². The number of carbonyl (C=O) groups is 1. The topological polar surface area (TPSA) is 60.3 Å². The Morgan fingerprint density at radius 2 is 1.61 bits per heavy atom. The number of aromatic nitrogens is 3. The number of nitrogens with zero attached hydrogens (tertiary/aromatic N) is 4. The highest BCUT2D eigenvalue weighted by atomic mass is 16.5. The maximum atomic E-state index is 13.3. The van der Waals surface area contributed by atoms with Crippen LogP contribution >= 0.6 is 0 Å². The molecule has 0 spiro atoms. The summed E-state index contributed by atoms with van der Waals surface area (Å²) in [7, 11) is 1.63. The van der Waals surface area contributed by atoms with Crippen molar-refractivity contribution >= 4 is 5.91 Å². The first-order valence-electron chi connectivity index (χ1n) is 10.3. The Balaban J connectivity index is 1.52. The molecule has 0 aliphatic carbocycles. The molecule has 0 unspecified atom stereocenters. The smallest absolute Gasteiger partial charge is 0.293 e. The molecule has 5 rings (SSSR count). The van der Waals surface area contributed by atoms with E-state index in [0.29, 0.717) is 18.9 Å². The van der Waals surface area contributed by atoms with Crippen molar-refractivity contribution in [2.24, 2.45) is 0 Å². The zero-order chi connectivity index (χ0) is 21.2. The number of amides is 1. The van der Waals surface area contributed by atoms with Gasteiger partial charge in [-0.2, -0.15) is 0 Å². The summed E-state index contributed by atoms with van der Waals surface area (Å²) in [4.78, 5) is 19.8. The zero-order valence-corrected chi connectivity index (χ0v) is 17.2. The SMILES string of the molecule is COc1ccc(-n2nc(C(=O)N3CCc4ccccc4C3)nc2-c2ccccc2)cc1. The fourth-order valence-electron chi connectivity index (χ4n) is 3.89. The molecule has 0 saturated carbocycles. The first kappa shape index (κ1) is 19.1. The molecule has 1 amide bonds. The van der Waals surface area contributed by atoms with Crippen LogP contribution in [-0.4, -0.2) is 39.2 Å². The lowest BCUT2D eigenvalue weighted by atomic mass is 10.00. The van der Waals surface area contributed by atoms with E-state index >= 15 is 0 Å². The minimum Gasteiger partial charge on any atom is -0.497 e.